The molecular weight excluding hydrogens is 284 g/mol. The Morgan fingerprint density at radius 1 is 1.29 bits per heavy atom. The van der Waals surface area contributed by atoms with Crippen LogP contribution < -0.4 is 10.6 Å². The quantitative estimate of drug-likeness (QED) is 0.649. The van der Waals surface area contributed by atoms with E-state index in [1.54, 1.807) is 24.6 Å². The summed E-state index contributed by atoms with van der Waals surface area (Å²) in [5.74, 6) is 1.51. The molecule has 2 N–H and O–H groups in total. The molecule has 0 aliphatic heterocycles. The van der Waals surface area contributed by atoms with E-state index in [0.29, 0.717) is 13.1 Å². The van der Waals surface area contributed by atoms with Crippen LogP contribution in [0, 0.1) is 6.92 Å². The Hall–Kier alpha value is -2.02. The summed E-state index contributed by atoms with van der Waals surface area (Å²) in [5, 5.41) is 7.54. The lowest BCUT2D eigenvalue weighted by molar-refractivity contribution is 0.783. The van der Waals surface area contributed by atoms with Crippen molar-refractivity contribution in [3.63, 3.8) is 0 Å². The molecule has 7 heteroatoms. The Balaban J connectivity index is 1.83. The van der Waals surface area contributed by atoms with E-state index >= 15 is 0 Å². The molecule has 0 saturated carbocycles. The van der Waals surface area contributed by atoms with Crippen molar-refractivity contribution in [2.24, 2.45) is 4.99 Å². The van der Waals surface area contributed by atoms with Gasteiger partial charge in [0.2, 0.25) is 0 Å². The number of hydrogen-bond donors (Lipinski definition) is 2. The van der Waals surface area contributed by atoms with Crippen LogP contribution in [0.1, 0.15) is 28.3 Å². The SMILES string of the molecule is CCc1cnc(CNC(=NC)NCc2ccnc(C)n2)s1. The maximum Gasteiger partial charge on any atom is 0.191 e. The third-order valence-electron chi connectivity index (χ3n) is 2.85. The van der Waals surface area contributed by atoms with Gasteiger partial charge in [0, 0.05) is 24.3 Å². The molecule has 0 fully saturated rings. The number of guanidine groups is 1. The molecule has 0 aliphatic rings. The number of aromatic nitrogens is 3. The van der Waals surface area contributed by atoms with Gasteiger partial charge in [0.15, 0.2) is 5.96 Å². The average molecular weight is 304 g/mol. The van der Waals surface area contributed by atoms with Crippen molar-refractivity contribution in [3.8, 4) is 0 Å². The molecule has 21 heavy (non-hydrogen) atoms. The lowest BCUT2D eigenvalue weighted by Crippen LogP contribution is -2.36. The second-order valence-corrected chi connectivity index (χ2v) is 5.65. The molecule has 112 valence electrons. The highest BCUT2D eigenvalue weighted by atomic mass is 32.1. The molecule has 0 amide bonds. The number of aryl methyl sites for hydroxylation is 2. The molecule has 2 aromatic heterocycles. The first-order chi connectivity index (χ1) is 10.2. The Morgan fingerprint density at radius 3 is 2.76 bits per heavy atom. The van der Waals surface area contributed by atoms with E-state index in [1.807, 2.05) is 19.2 Å². The van der Waals surface area contributed by atoms with E-state index in [2.05, 4.69) is 37.5 Å². The highest BCUT2D eigenvalue weighted by molar-refractivity contribution is 7.11. The maximum atomic E-state index is 4.38. The van der Waals surface area contributed by atoms with Crippen LogP contribution in [-0.4, -0.2) is 28.0 Å². The monoisotopic (exact) mass is 304 g/mol. The van der Waals surface area contributed by atoms with Gasteiger partial charge in [-0.3, -0.25) is 4.99 Å². The molecule has 2 heterocycles. The van der Waals surface area contributed by atoms with Crippen molar-refractivity contribution < 1.29 is 0 Å². The fourth-order valence-corrected chi connectivity index (χ4v) is 2.55. The Bertz CT molecular complexity index is 607. The topological polar surface area (TPSA) is 75.1 Å². The normalized spacial score (nSPS) is 11.5. The van der Waals surface area contributed by atoms with Gasteiger partial charge in [0.25, 0.3) is 0 Å². The van der Waals surface area contributed by atoms with Crippen molar-refractivity contribution in [2.45, 2.75) is 33.4 Å². The van der Waals surface area contributed by atoms with Gasteiger partial charge < -0.3 is 10.6 Å². The zero-order chi connectivity index (χ0) is 15.1. The summed E-state index contributed by atoms with van der Waals surface area (Å²) >= 11 is 1.72. The van der Waals surface area contributed by atoms with E-state index in [1.165, 1.54) is 4.88 Å². The number of rotatable bonds is 5. The van der Waals surface area contributed by atoms with Crippen LogP contribution in [0.4, 0.5) is 0 Å². The standard InChI is InChI=1S/C14H20N6S/c1-4-12-8-17-13(21-12)9-19-14(15-3)18-7-11-5-6-16-10(2)20-11/h5-6,8H,4,7,9H2,1-3H3,(H2,15,18,19). The second kappa shape index (κ2) is 7.68. The van der Waals surface area contributed by atoms with E-state index in [4.69, 9.17) is 0 Å². The van der Waals surface area contributed by atoms with Crippen molar-refractivity contribution in [3.05, 3.63) is 39.9 Å². The Labute approximate surface area is 128 Å². The maximum absolute atomic E-state index is 4.38. The summed E-state index contributed by atoms with van der Waals surface area (Å²) < 4.78 is 0. The van der Waals surface area contributed by atoms with Crippen molar-refractivity contribution >= 4 is 17.3 Å². The summed E-state index contributed by atoms with van der Waals surface area (Å²) in [5.41, 5.74) is 0.938. The van der Waals surface area contributed by atoms with Crippen LogP contribution in [0.25, 0.3) is 0 Å². The van der Waals surface area contributed by atoms with Crippen LogP contribution in [0.15, 0.2) is 23.5 Å². The molecule has 0 unspecified atom stereocenters. The van der Waals surface area contributed by atoms with E-state index in [9.17, 15) is 0 Å². The van der Waals surface area contributed by atoms with Crippen LogP contribution in [0.2, 0.25) is 0 Å². The van der Waals surface area contributed by atoms with Gasteiger partial charge in [0.1, 0.15) is 10.8 Å². The first-order valence-electron chi connectivity index (χ1n) is 6.88. The minimum atomic E-state index is 0.612. The number of nitrogens with zero attached hydrogens (tertiary/aromatic N) is 4. The molecule has 0 radical (unpaired) electrons. The zero-order valence-electron chi connectivity index (χ0n) is 12.6. The van der Waals surface area contributed by atoms with Gasteiger partial charge in [-0.2, -0.15) is 0 Å². The van der Waals surface area contributed by atoms with Crippen LogP contribution in [0.3, 0.4) is 0 Å². The molecule has 2 aromatic rings. The molecule has 0 bridgehead atoms. The van der Waals surface area contributed by atoms with Gasteiger partial charge in [-0.15, -0.1) is 11.3 Å². The van der Waals surface area contributed by atoms with E-state index in [-0.39, 0.29) is 0 Å². The fourth-order valence-electron chi connectivity index (χ4n) is 1.75. The minimum absolute atomic E-state index is 0.612. The predicted octanol–water partition coefficient (Wildman–Crippen LogP) is 1.67. The highest BCUT2D eigenvalue weighted by Crippen LogP contribution is 2.12. The number of nitrogens with one attached hydrogen (secondary N) is 2. The number of aliphatic imine (C=N–C) groups is 1. The van der Waals surface area contributed by atoms with Crippen LogP contribution in [0.5, 0.6) is 0 Å². The van der Waals surface area contributed by atoms with Gasteiger partial charge in [0.05, 0.1) is 18.8 Å². The molecular formula is C14H20N6S. The van der Waals surface area contributed by atoms with Crippen LogP contribution >= 0.6 is 11.3 Å². The largest absolute Gasteiger partial charge is 0.351 e. The van der Waals surface area contributed by atoms with E-state index < -0.39 is 0 Å². The van der Waals surface area contributed by atoms with Gasteiger partial charge >= 0.3 is 0 Å². The molecule has 0 aliphatic carbocycles. The molecule has 0 spiro atoms. The zero-order valence-corrected chi connectivity index (χ0v) is 13.4. The van der Waals surface area contributed by atoms with E-state index in [0.717, 1.165) is 28.9 Å². The Kier molecular flexibility index (Phi) is 5.62. The molecule has 0 saturated heterocycles. The van der Waals surface area contributed by atoms with Crippen molar-refractivity contribution in [1.29, 1.82) is 0 Å². The number of hydrogen-bond acceptors (Lipinski definition) is 5. The second-order valence-electron chi connectivity index (χ2n) is 4.45. The van der Waals surface area contributed by atoms with Crippen molar-refractivity contribution in [1.82, 2.24) is 25.6 Å². The molecule has 0 atom stereocenters. The van der Waals surface area contributed by atoms with Crippen molar-refractivity contribution in [2.75, 3.05) is 7.05 Å². The fraction of sp³-hybridized carbons (Fsp3) is 0.429. The third kappa shape index (κ3) is 4.78. The van der Waals surface area contributed by atoms with Crippen LogP contribution in [-0.2, 0) is 19.5 Å². The minimum Gasteiger partial charge on any atom is -0.351 e. The highest BCUT2D eigenvalue weighted by Gasteiger charge is 2.03. The number of thiazole rings is 1. The molecule has 2 rings (SSSR count). The third-order valence-corrected chi connectivity index (χ3v) is 3.99. The first-order valence-corrected chi connectivity index (χ1v) is 7.69. The average Bonchev–Trinajstić information content (AvgIpc) is 2.95. The predicted molar refractivity (Wildman–Crippen MR) is 85.3 cm³/mol. The van der Waals surface area contributed by atoms with Gasteiger partial charge in [-0.25, -0.2) is 15.0 Å². The van der Waals surface area contributed by atoms with Gasteiger partial charge in [-0.1, -0.05) is 6.92 Å². The summed E-state index contributed by atoms with van der Waals surface area (Å²) in [6.07, 6.45) is 4.72. The molecule has 0 aromatic carbocycles. The molecule has 6 nitrogen and oxygen atoms in total. The summed E-state index contributed by atoms with van der Waals surface area (Å²) in [6.45, 7) is 5.30. The summed E-state index contributed by atoms with van der Waals surface area (Å²) in [7, 11) is 1.75. The smallest absolute Gasteiger partial charge is 0.191 e. The first kappa shape index (κ1) is 15.4. The Morgan fingerprint density at radius 2 is 2.10 bits per heavy atom. The van der Waals surface area contributed by atoms with Gasteiger partial charge in [-0.05, 0) is 19.4 Å². The lowest BCUT2D eigenvalue weighted by Gasteiger charge is -2.10. The summed E-state index contributed by atoms with van der Waals surface area (Å²) in [6, 6.07) is 1.89. The lowest BCUT2D eigenvalue weighted by atomic mass is 10.4. The summed E-state index contributed by atoms with van der Waals surface area (Å²) in [4.78, 5) is 18.3.